The molecule has 0 radical (unpaired) electrons. The van der Waals surface area contributed by atoms with Gasteiger partial charge in [-0.2, -0.15) is 13.1 Å². The Labute approximate surface area is 302 Å². The minimum Gasteiger partial charge on any atom is -0.444 e. The van der Waals surface area contributed by atoms with Crippen molar-refractivity contribution in [3.63, 3.8) is 0 Å². The fraction of sp³-hybridized carbons (Fsp3) is 0.629. The topological polar surface area (TPSA) is 193 Å². The Kier molecular flexibility index (Phi) is 10.6. The van der Waals surface area contributed by atoms with Gasteiger partial charge in [0.1, 0.15) is 35.1 Å². The van der Waals surface area contributed by atoms with Crippen LogP contribution >= 0.6 is 0 Å². The van der Waals surface area contributed by atoms with Gasteiger partial charge in [-0.1, -0.05) is 37.1 Å². The highest BCUT2D eigenvalue weighted by atomic mass is 32.2. The van der Waals surface area contributed by atoms with Crippen LogP contribution in [-0.4, -0.2) is 90.0 Å². The van der Waals surface area contributed by atoms with Crippen molar-refractivity contribution in [1.82, 2.24) is 29.9 Å². The number of halogens is 1. The first-order chi connectivity index (χ1) is 24.5. The van der Waals surface area contributed by atoms with Crippen molar-refractivity contribution in [3.05, 3.63) is 47.3 Å². The highest BCUT2D eigenvalue weighted by Crippen LogP contribution is 2.46. The van der Waals surface area contributed by atoms with Gasteiger partial charge in [-0.3, -0.25) is 19.3 Å². The van der Waals surface area contributed by atoms with Gasteiger partial charge >= 0.3 is 22.4 Å². The second-order valence-electron chi connectivity index (χ2n) is 15.3. The third-order valence-corrected chi connectivity index (χ3v) is 11.0. The molecule has 0 spiro atoms. The summed E-state index contributed by atoms with van der Waals surface area (Å²) in [6, 6.07) is 2.01. The lowest BCUT2D eigenvalue weighted by molar-refractivity contribution is -0.141. The van der Waals surface area contributed by atoms with Crippen molar-refractivity contribution in [1.29, 1.82) is 0 Å². The molecule has 3 heterocycles. The van der Waals surface area contributed by atoms with Gasteiger partial charge in [0.25, 0.3) is 5.91 Å². The van der Waals surface area contributed by atoms with Crippen molar-refractivity contribution in [2.24, 2.45) is 5.92 Å². The quantitative estimate of drug-likeness (QED) is 0.317. The first-order valence-corrected chi connectivity index (χ1v) is 19.4. The number of ether oxygens (including phenoxy) is 2. The zero-order valence-electron chi connectivity index (χ0n) is 29.6. The molecule has 3 fully saturated rings. The van der Waals surface area contributed by atoms with E-state index < -0.39 is 81.2 Å². The molecule has 1 unspecified atom stereocenters. The van der Waals surface area contributed by atoms with Crippen LogP contribution in [0.15, 0.2) is 30.4 Å². The van der Waals surface area contributed by atoms with Crippen molar-refractivity contribution >= 4 is 40.1 Å². The SMILES string of the molecule is CC(C)(C)OC(=O)N[C@H]1CCCCC/C=C\[C@H]2C[C@@]2(C(=O)NS(=O)(=O)NC2CC2)NC(=O)C2C[C@@H](OC(=O)N3Cc4cccc(F)c4C3)CN2C1=O. The average Bonchev–Trinajstić information content (AvgIpc) is 3.88. The summed E-state index contributed by atoms with van der Waals surface area (Å²) in [6.45, 7) is 4.99. The highest BCUT2D eigenvalue weighted by molar-refractivity contribution is 7.88. The van der Waals surface area contributed by atoms with Gasteiger partial charge < -0.3 is 25.0 Å². The van der Waals surface area contributed by atoms with E-state index in [0.29, 0.717) is 43.2 Å². The van der Waals surface area contributed by atoms with Crippen LogP contribution in [0.1, 0.15) is 89.7 Å². The summed E-state index contributed by atoms with van der Waals surface area (Å²) in [5.74, 6) is -3.19. The predicted octanol–water partition coefficient (Wildman–Crippen LogP) is 2.65. The standard InChI is InChI=1S/C35H47FN6O9S/c1-34(2,3)51-32(46)37-27-13-8-6-4-5-7-11-22-17-35(22,31(45)40-52(48,49)39-23-14-15-23)38-29(43)28-16-24(19-42(28)30(27)44)50-33(47)41-18-21-10-9-12-26(36)25(21)20-41/h7,9-12,22-24,27-28,39H,4-6,8,13-20H2,1-3H3,(H,37,46)(H,38,43)(H,40,45)/b11-7-/t22-,24+,27-,28?,35+/m0/s1. The van der Waals surface area contributed by atoms with E-state index in [1.807, 2.05) is 6.08 Å². The fourth-order valence-corrected chi connectivity index (χ4v) is 8.17. The van der Waals surface area contributed by atoms with Crippen LogP contribution < -0.4 is 20.1 Å². The molecule has 0 aromatic heterocycles. The molecular formula is C35H47FN6O9S. The molecule has 15 nitrogen and oxygen atoms in total. The van der Waals surface area contributed by atoms with Crippen molar-refractivity contribution in [2.75, 3.05) is 6.54 Å². The maximum atomic E-state index is 14.4. The van der Waals surface area contributed by atoms with Crippen LogP contribution in [0.5, 0.6) is 0 Å². The van der Waals surface area contributed by atoms with E-state index in [2.05, 4.69) is 20.1 Å². The van der Waals surface area contributed by atoms with Crippen molar-refractivity contribution in [3.8, 4) is 0 Å². The van der Waals surface area contributed by atoms with Gasteiger partial charge in [0, 0.05) is 30.5 Å². The zero-order valence-corrected chi connectivity index (χ0v) is 30.4. The number of carbonyl (C=O) groups is 5. The lowest BCUT2D eigenvalue weighted by atomic mass is 10.0. The summed E-state index contributed by atoms with van der Waals surface area (Å²) >= 11 is 0. The number of allylic oxidation sites excluding steroid dienone is 1. The number of alkyl carbamates (subject to hydrolysis) is 1. The lowest BCUT2D eigenvalue weighted by Crippen LogP contribution is -2.59. The van der Waals surface area contributed by atoms with Gasteiger partial charge in [-0.05, 0) is 70.9 Å². The Morgan fingerprint density at radius 2 is 1.83 bits per heavy atom. The van der Waals surface area contributed by atoms with E-state index in [1.54, 1.807) is 39.0 Å². The summed E-state index contributed by atoms with van der Waals surface area (Å²) in [7, 11) is -4.20. The maximum absolute atomic E-state index is 14.4. The summed E-state index contributed by atoms with van der Waals surface area (Å²) in [5, 5.41) is 5.42. The van der Waals surface area contributed by atoms with Crippen LogP contribution in [0.2, 0.25) is 0 Å². The Morgan fingerprint density at radius 1 is 1.06 bits per heavy atom. The Bertz CT molecular complexity index is 1750. The Balaban J connectivity index is 1.24. The molecule has 17 heteroatoms. The molecule has 284 valence electrons. The molecule has 6 rings (SSSR count). The first-order valence-electron chi connectivity index (χ1n) is 17.9. The Hall–Kier alpha value is -4.25. The summed E-state index contributed by atoms with van der Waals surface area (Å²) in [6.07, 6.45) is 5.39. The van der Waals surface area contributed by atoms with Crippen LogP contribution in [0, 0.1) is 11.7 Å². The maximum Gasteiger partial charge on any atom is 0.410 e. The number of hydrogen-bond acceptors (Lipinski definition) is 9. The molecule has 1 saturated heterocycles. The van der Waals surface area contributed by atoms with E-state index in [9.17, 15) is 36.8 Å². The molecule has 5 aliphatic rings. The first kappa shape index (κ1) is 37.5. The lowest BCUT2D eigenvalue weighted by Gasteiger charge is -2.30. The highest BCUT2D eigenvalue weighted by Gasteiger charge is 2.62. The fourth-order valence-electron chi connectivity index (χ4n) is 7.01. The number of nitrogens with zero attached hydrogens (tertiary/aromatic N) is 2. The van der Waals surface area contributed by atoms with Gasteiger partial charge in [0.05, 0.1) is 13.1 Å². The van der Waals surface area contributed by atoms with Gasteiger partial charge in [-0.15, -0.1) is 0 Å². The van der Waals surface area contributed by atoms with Crippen LogP contribution in [0.4, 0.5) is 14.0 Å². The predicted molar refractivity (Wildman–Crippen MR) is 184 cm³/mol. The van der Waals surface area contributed by atoms with E-state index >= 15 is 0 Å². The van der Waals surface area contributed by atoms with Gasteiger partial charge in [0.2, 0.25) is 11.8 Å². The second kappa shape index (κ2) is 14.6. The van der Waals surface area contributed by atoms with E-state index in [4.69, 9.17) is 9.47 Å². The second-order valence-corrected chi connectivity index (χ2v) is 16.8. The molecule has 1 aromatic carbocycles. The number of hydrogen-bond donors (Lipinski definition) is 4. The minimum atomic E-state index is -4.20. The van der Waals surface area contributed by atoms with Gasteiger partial charge in [0.15, 0.2) is 0 Å². The van der Waals surface area contributed by atoms with Crippen LogP contribution in [-0.2, 0) is 47.2 Å². The van der Waals surface area contributed by atoms with E-state index in [0.717, 1.165) is 6.42 Å². The number of amides is 5. The molecule has 4 N–H and O–H groups in total. The largest absolute Gasteiger partial charge is 0.444 e. The number of fused-ring (bicyclic) bond motifs is 3. The van der Waals surface area contributed by atoms with Crippen molar-refractivity contribution < 1.29 is 46.3 Å². The van der Waals surface area contributed by atoms with E-state index in [1.165, 1.54) is 15.9 Å². The summed E-state index contributed by atoms with van der Waals surface area (Å²) in [4.78, 5) is 70.9. The average molecular weight is 747 g/mol. The molecule has 1 aromatic rings. The monoisotopic (exact) mass is 746 g/mol. The molecule has 5 amide bonds. The normalized spacial score (nSPS) is 28.6. The molecule has 3 aliphatic heterocycles. The third kappa shape index (κ3) is 8.85. The Morgan fingerprint density at radius 3 is 2.54 bits per heavy atom. The molecule has 0 bridgehead atoms. The summed E-state index contributed by atoms with van der Waals surface area (Å²) in [5.41, 5.74) is -1.41. The van der Waals surface area contributed by atoms with Crippen LogP contribution in [0.25, 0.3) is 0 Å². The minimum absolute atomic E-state index is 0.00689. The van der Waals surface area contributed by atoms with Crippen molar-refractivity contribution in [2.45, 2.75) is 127 Å². The molecular weight excluding hydrogens is 699 g/mol. The number of nitrogens with one attached hydrogen (secondary N) is 4. The molecule has 52 heavy (non-hydrogen) atoms. The van der Waals surface area contributed by atoms with Gasteiger partial charge in [-0.25, -0.2) is 18.7 Å². The smallest absolute Gasteiger partial charge is 0.410 e. The molecule has 5 atom stereocenters. The number of benzene rings is 1. The van der Waals surface area contributed by atoms with Crippen LogP contribution in [0.3, 0.4) is 0 Å². The molecule has 2 aliphatic carbocycles. The van der Waals surface area contributed by atoms with E-state index in [-0.39, 0.29) is 44.9 Å². The number of rotatable bonds is 6. The summed E-state index contributed by atoms with van der Waals surface area (Å²) < 4.78 is 55.5. The molecule has 2 saturated carbocycles. The number of carbonyl (C=O) groups excluding carboxylic acids is 5. The zero-order chi connectivity index (χ0) is 37.4. The third-order valence-electron chi connectivity index (χ3n) is 9.91.